The first kappa shape index (κ1) is 21.0. The first-order valence-corrected chi connectivity index (χ1v) is 11.1. The van der Waals surface area contributed by atoms with Crippen molar-refractivity contribution >= 4 is 16.8 Å². The zero-order chi connectivity index (χ0) is 22.9. The summed E-state index contributed by atoms with van der Waals surface area (Å²) in [6.45, 7) is 4.10. The fraction of sp³-hybridized carbons (Fsp3) is 0.269. The van der Waals surface area contributed by atoms with Gasteiger partial charge in [0.25, 0.3) is 5.91 Å². The summed E-state index contributed by atoms with van der Waals surface area (Å²) in [4.78, 5) is 25.7. The number of carbonyl (C=O) groups excluding carboxylic acids is 1. The Morgan fingerprint density at radius 2 is 2.18 bits per heavy atom. The SMILES string of the molecule is CCC#Cc1cc(C)nc(C(=O)NC(c2cc3ccccc3[nH]2)c2ncn3c2C[C@@H](F)C3)c1. The average molecular weight is 442 g/mol. The average Bonchev–Trinajstić information content (AvgIpc) is 3.49. The molecule has 6 nitrogen and oxygen atoms in total. The van der Waals surface area contributed by atoms with Crippen LogP contribution in [0.15, 0.2) is 48.8 Å². The fourth-order valence-electron chi connectivity index (χ4n) is 4.33. The Bertz CT molecular complexity index is 1370. The number of nitrogens with zero attached hydrogens (tertiary/aromatic N) is 3. The van der Waals surface area contributed by atoms with Gasteiger partial charge in [-0.15, -0.1) is 0 Å². The number of para-hydroxylation sites is 1. The molecule has 166 valence electrons. The van der Waals surface area contributed by atoms with Crippen molar-refractivity contribution in [2.45, 2.75) is 45.4 Å². The molecule has 1 aliphatic rings. The molecule has 0 spiro atoms. The molecule has 5 rings (SSSR count). The third-order valence-electron chi connectivity index (χ3n) is 5.79. The van der Waals surface area contributed by atoms with E-state index >= 15 is 0 Å². The van der Waals surface area contributed by atoms with Crippen LogP contribution in [0.2, 0.25) is 0 Å². The van der Waals surface area contributed by atoms with Crippen molar-refractivity contribution in [1.82, 2.24) is 24.8 Å². The van der Waals surface area contributed by atoms with Crippen molar-refractivity contribution in [3.63, 3.8) is 0 Å². The highest BCUT2D eigenvalue weighted by Crippen LogP contribution is 2.30. The summed E-state index contributed by atoms with van der Waals surface area (Å²) in [6, 6.07) is 12.9. The van der Waals surface area contributed by atoms with Crippen LogP contribution in [0.25, 0.3) is 10.9 Å². The number of amides is 1. The summed E-state index contributed by atoms with van der Waals surface area (Å²) in [7, 11) is 0. The van der Waals surface area contributed by atoms with E-state index < -0.39 is 12.2 Å². The molecule has 1 aliphatic heterocycles. The minimum atomic E-state index is -0.945. The standard InChI is InChI=1S/C26H24FN5O/c1-3-4-7-17-10-16(2)29-22(11-17)26(33)31-24(21-12-18-8-5-6-9-20(18)30-21)25-23-13-19(27)14-32(23)15-28-25/h5-6,8-12,15,19,24,30H,3,13-14H2,1-2H3,(H,31,33)/t19-,24?/m1/s1. The molecule has 4 heterocycles. The molecule has 7 heteroatoms. The zero-order valence-corrected chi connectivity index (χ0v) is 18.5. The molecule has 2 N–H and O–H groups in total. The molecule has 0 bridgehead atoms. The highest BCUT2D eigenvalue weighted by Gasteiger charge is 2.31. The number of hydrogen-bond acceptors (Lipinski definition) is 3. The number of aromatic amines is 1. The number of H-pyrrole nitrogens is 1. The number of benzene rings is 1. The summed E-state index contributed by atoms with van der Waals surface area (Å²) in [5.74, 6) is 5.76. The number of hydrogen-bond donors (Lipinski definition) is 2. The first-order valence-electron chi connectivity index (χ1n) is 11.1. The number of halogens is 1. The molecule has 1 unspecified atom stereocenters. The van der Waals surface area contributed by atoms with Crippen LogP contribution < -0.4 is 5.32 Å². The Hall–Kier alpha value is -3.92. The second-order valence-corrected chi connectivity index (χ2v) is 8.29. The van der Waals surface area contributed by atoms with E-state index in [1.165, 1.54) is 0 Å². The second-order valence-electron chi connectivity index (χ2n) is 8.29. The molecular formula is C26H24FN5O. The van der Waals surface area contributed by atoms with Crippen LogP contribution in [0.1, 0.15) is 58.2 Å². The normalized spacial score (nSPS) is 15.7. The Kier molecular flexibility index (Phi) is 5.43. The van der Waals surface area contributed by atoms with Crippen LogP contribution in [0.3, 0.4) is 0 Å². The number of pyridine rings is 1. The van der Waals surface area contributed by atoms with Crippen molar-refractivity contribution in [2.24, 2.45) is 0 Å². The predicted octanol–water partition coefficient (Wildman–Crippen LogP) is 4.24. The molecular weight excluding hydrogens is 417 g/mol. The number of nitrogens with one attached hydrogen (secondary N) is 2. The molecule has 0 fully saturated rings. The van der Waals surface area contributed by atoms with E-state index in [1.807, 2.05) is 54.8 Å². The van der Waals surface area contributed by atoms with Gasteiger partial charge in [-0.3, -0.25) is 4.79 Å². The van der Waals surface area contributed by atoms with Crippen LogP contribution in [0.5, 0.6) is 0 Å². The zero-order valence-electron chi connectivity index (χ0n) is 18.5. The number of carbonyl (C=O) groups is 1. The Labute approximate surface area is 191 Å². The van der Waals surface area contributed by atoms with Crippen LogP contribution in [-0.4, -0.2) is 31.6 Å². The van der Waals surface area contributed by atoms with E-state index in [9.17, 15) is 9.18 Å². The Morgan fingerprint density at radius 3 is 3.00 bits per heavy atom. The van der Waals surface area contributed by atoms with Gasteiger partial charge < -0.3 is 14.9 Å². The van der Waals surface area contributed by atoms with E-state index in [0.717, 1.165) is 34.3 Å². The maximum absolute atomic E-state index is 14.1. The number of aromatic nitrogens is 4. The van der Waals surface area contributed by atoms with Crippen molar-refractivity contribution in [3.05, 3.63) is 82.8 Å². The van der Waals surface area contributed by atoms with Crippen LogP contribution in [-0.2, 0) is 13.0 Å². The van der Waals surface area contributed by atoms with Crippen molar-refractivity contribution < 1.29 is 9.18 Å². The molecule has 0 radical (unpaired) electrons. The van der Waals surface area contributed by atoms with Crippen molar-refractivity contribution in [3.8, 4) is 11.8 Å². The fourth-order valence-corrected chi connectivity index (χ4v) is 4.33. The summed E-state index contributed by atoms with van der Waals surface area (Å²) in [5, 5.41) is 4.11. The van der Waals surface area contributed by atoms with Crippen molar-refractivity contribution in [2.75, 3.05) is 0 Å². The van der Waals surface area contributed by atoms with Gasteiger partial charge in [-0.2, -0.15) is 0 Å². The van der Waals surface area contributed by atoms with Crippen LogP contribution in [0, 0.1) is 18.8 Å². The minimum absolute atomic E-state index is 0.279. The van der Waals surface area contributed by atoms with Crippen molar-refractivity contribution in [1.29, 1.82) is 0 Å². The van der Waals surface area contributed by atoms with Gasteiger partial charge in [0, 0.05) is 41.0 Å². The molecule has 1 amide bonds. The third kappa shape index (κ3) is 4.12. The third-order valence-corrected chi connectivity index (χ3v) is 5.79. The number of aryl methyl sites for hydroxylation is 1. The van der Waals surface area contributed by atoms with Gasteiger partial charge in [0.1, 0.15) is 17.9 Å². The maximum Gasteiger partial charge on any atom is 0.270 e. The lowest BCUT2D eigenvalue weighted by Gasteiger charge is -2.17. The molecule has 0 saturated heterocycles. The van der Waals surface area contributed by atoms with Gasteiger partial charge in [-0.25, -0.2) is 14.4 Å². The molecule has 33 heavy (non-hydrogen) atoms. The lowest BCUT2D eigenvalue weighted by molar-refractivity contribution is 0.0936. The summed E-state index contributed by atoms with van der Waals surface area (Å²) < 4.78 is 15.9. The maximum atomic E-state index is 14.1. The summed E-state index contributed by atoms with van der Waals surface area (Å²) >= 11 is 0. The van der Waals surface area contributed by atoms with E-state index in [2.05, 4.69) is 32.1 Å². The Morgan fingerprint density at radius 1 is 1.33 bits per heavy atom. The largest absolute Gasteiger partial charge is 0.356 e. The van der Waals surface area contributed by atoms with E-state index in [4.69, 9.17) is 0 Å². The topological polar surface area (TPSA) is 75.6 Å². The lowest BCUT2D eigenvalue weighted by atomic mass is 10.1. The molecule has 0 aliphatic carbocycles. The van der Waals surface area contributed by atoms with Gasteiger partial charge in [-0.05, 0) is 36.6 Å². The van der Waals surface area contributed by atoms with Gasteiger partial charge in [0.05, 0.1) is 18.6 Å². The smallest absolute Gasteiger partial charge is 0.270 e. The monoisotopic (exact) mass is 441 g/mol. The van der Waals surface area contributed by atoms with Crippen LogP contribution in [0.4, 0.5) is 4.39 Å². The van der Waals surface area contributed by atoms with Gasteiger partial charge in [0.2, 0.25) is 0 Å². The number of rotatable bonds is 4. The van der Waals surface area contributed by atoms with E-state index in [-0.39, 0.29) is 24.6 Å². The first-order chi connectivity index (χ1) is 16.0. The molecule has 1 aromatic carbocycles. The van der Waals surface area contributed by atoms with Gasteiger partial charge >= 0.3 is 0 Å². The molecule has 0 saturated carbocycles. The quantitative estimate of drug-likeness (QED) is 0.465. The number of fused-ring (bicyclic) bond motifs is 2. The Balaban J connectivity index is 1.54. The highest BCUT2D eigenvalue weighted by molar-refractivity contribution is 5.93. The number of imidazole rings is 1. The second kappa shape index (κ2) is 8.55. The lowest BCUT2D eigenvalue weighted by Crippen LogP contribution is -2.31. The predicted molar refractivity (Wildman–Crippen MR) is 125 cm³/mol. The van der Waals surface area contributed by atoms with Gasteiger partial charge in [0.15, 0.2) is 0 Å². The highest BCUT2D eigenvalue weighted by atomic mass is 19.1. The molecule has 4 aromatic rings. The number of alkyl halides is 1. The van der Waals surface area contributed by atoms with Crippen LogP contribution >= 0.6 is 0 Å². The van der Waals surface area contributed by atoms with E-state index in [0.29, 0.717) is 11.4 Å². The summed E-state index contributed by atoms with van der Waals surface area (Å²) in [6.07, 6.45) is 1.71. The molecule has 3 aromatic heterocycles. The summed E-state index contributed by atoms with van der Waals surface area (Å²) in [5.41, 5.74) is 4.94. The van der Waals surface area contributed by atoms with E-state index in [1.54, 1.807) is 12.4 Å². The van der Waals surface area contributed by atoms with Gasteiger partial charge in [-0.1, -0.05) is 37.0 Å². The molecule has 2 atom stereocenters. The minimum Gasteiger partial charge on any atom is -0.356 e.